The molecular weight excluding hydrogens is 100 g/mol. The molecule has 1 aliphatic rings. The molecule has 1 heteroatoms. The van der Waals surface area contributed by atoms with Gasteiger partial charge in [-0.1, -0.05) is 12.2 Å². The number of rotatable bonds is 1. The van der Waals surface area contributed by atoms with E-state index in [4.69, 9.17) is 5.48 Å². The highest BCUT2D eigenvalue weighted by molar-refractivity contribution is 5.08. The first-order valence-corrected chi connectivity index (χ1v) is 2.60. The van der Waals surface area contributed by atoms with Crippen LogP contribution < -0.4 is 0 Å². The second kappa shape index (κ2) is 1.90. The zero-order chi connectivity index (χ0) is 9.57. The molecule has 0 spiro atoms. The molecule has 0 aromatic heterocycles. The van der Waals surface area contributed by atoms with Gasteiger partial charge in [0.1, 0.15) is 0 Å². The molecule has 1 nitrogen and oxygen atoms in total. The normalized spacial score (nSPS) is 37.9. The van der Waals surface area contributed by atoms with Crippen molar-refractivity contribution in [1.29, 1.82) is 0 Å². The number of allylic oxidation sites excluding steroid dienone is 1. The summed E-state index contributed by atoms with van der Waals surface area (Å²) in [5, 5.41) is 9.29. The number of aliphatic hydroxyl groups is 1. The van der Waals surface area contributed by atoms with E-state index in [1.54, 1.807) is 0 Å². The van der Waals surface area contributed by atoms with E-state index in [2.05, 4.69) is 6.58 Å². The van der Waals surface area contributed by atoms with Crippen molar-refractivity contribution in [3.63, 3.8) is 0 Å². The van der Waals surface area contributed by atoms with Crippen LogP contribution in [0.3, 0.4) is 0 Å². The molecule has 8 heavy (non-hydrogen) atoms. The molecule has 1 saturated carbocycles. The molecule has 1 rings (SSSR count). The summed E-state index contributed by atoms with van der Waals surface area (Å²) in [5.41, 5.74) is 0.841. The molecule has 0 aromatic carbocycles. The number of hydrogen-bond acceptors (Lipinski definition) is 1. The summed E-state index contributed by atoms with van der Waals surface area (Å²) in [6.45, 7) is 1.16. The predicted octanol–water partition coefficient (Wildman–Crippen LogP) is 1.33. The summed E-state index contributed by atoms with van der Waals surface area (Å²) >= 11 is 0. The smallest absolute Gasteiger partial charge is 0.0546 e. The van der Waals surface area contributed by atoms with Gasteiger partial charge in [-0.15, -0.1) is 0 Å². The van der Waals surface area contributed by atoms with E-state index < -0.39 is 18.8 Å². The van der Waals surface area contributed by atoms with Crippen molar-refractivity contribution in [2.24, 2.45) is 5.89 Å². The zero-order valence-corrected chi connectivity index (χ0v) is 4.65. The highest BCUT2D eigenvalue weighted by Crippen LogP contribution is 2.33. The van der Waals surface area contributed by atoms with Crippen LogP contribution in [0.25, 0.3) is 0 Å². The molecule has 1 N–H and O–H groups in total. The maximum Gasteiger partial charge on any atom is 0.0546 e. The van der Waals surface area contributed by atoms with Crippen molar-refractivity contribution in [3.8, 4) is 0 Å². The van der Waals surface area contributed by atoms with Gasteiger partial charge in [-0.25, -0.2) is 0 Å². The summed E-state index contributed by atoms with van der Waals surface area (Å²) in [6.07, 6.45) is -0.949. The molecule has 0 aliphatic heterocycles. The second-order valence-electron chi connectivity index (χ2n) is 2.16. The molecule has 1 fully saturated rings. The van der Waals surface area contributed by atoms with Crippen molar-refractivity contribution in [2.75, 3.05) is 0 Å². The van der Waals surface area contributed by atoms with Crippen LogP contribution >= 0.6 is 0 Å². The third-order valence-electron chi connectivity index (χ3n) is 1.34. The fourth-order valence-corrected chi connectivity index (χ4v) is 0.784. The van der Waals surface area contributed by atoms with Gasteiger partial charge in [-0.3, -0.25) is 0 Å². The van der Waals surface area contributed by atoms with Crippen LogP contribution in [0.4, 0.5) is 0 Å². The van der Waals surface area contributed by atoms with E-state index in [1.165, 1.54) is 0 Å². The minimum atomic E-state index is -2.44. The first-order valence-electron chi connectivity index (χ1n) is 4.60. The molecule has 1 unspecified atom stereocenters. The Morgan fingerprint density at radius 2 is 2.75 bits per heavy atom. The standard InChI is InChI=1S/C7H12O/c1-5-3-7(4-5)6(2)8/h6-8H,1,3-4H2,2H3/i2D3,7D. The quantitative estimate of drug-likeness (QED) is 0.512. The van der Waals surface area contributed by atoms with Gasteiger partial charge in [-0.05, 0) is 25.6 Å². The highest BCUT2D eigenvalue weighted by atomic mass is 16.3. The van der Waals surface area contributed by atoms with E-state index in [0.717, 1.165) is 5.57 Å². The van der Waals surface area contributed by atoms with Gasteiger partial charge in [0.25, 0.3) is 0 Å². The van der Waals surface area contributed by atoms with Gasteiger partial charge in [0.2, 0.25) is 0 Å². The summed E-state index contributed by atoms with van der Waals surface area (Å²) in [5.74, 6) is -1.22. The van der Waals surface area contributed by atoms with Gasteiger partial charge < -0.3 is 5.11 Å². The topological polar surface area (TPSA) is 20.2 Å². The first kappa shape index (κ1) is 2.53. The van der Waals surface area contributed by atoms with Crippen LogP contribution in [0.1, 0.15) is 25.2 Å². The van der Waals surface area contributed by atoms with E-state index in [1.807, 2.05) is 0 Å². The molecule has 1 atom stereocenters. The lowest BCUT2D eigenvalue weighted by Gasteiger charge is -2.30. The van der Waals surface area contributed by atoms with Gasteiger partial charge in [0.05, 0.1) is 6.10 Å². The van der Waals surface area contributed by atoms with Crippen molar-refractivity contribution < 1.29 is 10.6 Å². The number of aliphatic hydroxyl groups excluding tert-OH is 1. The predicted molar refractivity (Wildman–Crippen MR) is 33.5 cm³/mol. The molecule has 0 heterocycles. The summed E-state index contributed by atoms with van der Waals surface area (Å²) in [4.78, 5) is 0. The Balaban J connectivity index is 2.65. The lowest BCUT2D eigenvalue weighted by molar-refractivity contribution is 0.103. The molecule has 0 radical (unpaired) electrons. The Morgan fingerprint density at radius 3 is 3.12 bits per heavy atom. The Bertz CT molecular complexity index is 200. The molecule has 0 bridgehead atoms. The summed E-state index contributed by atoms with van der Waals surface area (Å²) < 4.78 is 28.4. The van der Waals surface area contributed by atoms with Gasteiger partial charge in [0.15, 0.2) is 0 Å². The van der Waals surface area contributed by atoms with E-state index in [0.29, 0.717) is 12.8 Å². The SMILES string of the molecule is [2H]C([2H])([2H])C(O)C1([2H])CC(=C)C1. The van der Waals surface area contributed by atoms with Crippen molar-refractivity contribution in [3.05, 3.63) is 12.2 Å². The zero-order valence-electron chi connectivity index (χ0n) is 8.65. The van der Waals surface area contributed by atoms with Crippen molar-refractivity contribution >= 4 is 0 Å². The van der Waals surface area contributed by atoms with E-state index in [-0.39, 0.29) is 0 Å². The summed E-state index contributed by atoms with van der Waals surface area (Å²) in [6, 6.07) is 0. The minimum Gasteiger partial charge on any atom is -0.393 e. The Morgan fingerprint density at radius 1 is 2.12 bits per heavy atom. The minimum absolute atomic E-state index is 0.298. The lowest BCUT2D eigenvalue weighted by Crippen LogP contribution is -2.25. The van der Waals surface area contributed by atoms with Crippen LogP contribution in [-0.2, 0) is 0 Å². The van der Waals surface area contributed by atoms with Crippen molar-refractivity contribution in [1.82, 2.24) is 0 Å². The lowest BCUT2D eigenvalue weighted by atomic mass is 9.78. The maximum atomic E-state index is 9.29. The maximum absolute atomic E-state index is 9.29. The molecule has 0 amide bonds. The van der Waals surface area contributed by atoms with Gasteiger partial charge >= 0.3 is 0 Å². The molecule has 1 aliphatic carbocycles. The fourth-order valence-electron chi connectivity index (χ4n) is 0.784. The van der Waals surface area contributed by atoms with Crippen LogP contribution in [0, 0.1) is 5.89 Å². The largest absolute Gasteiger partial charge is 0.393 e. The average molecular weight is 116 g/mol. The monoisotopic (exact) mass is 116 g/mol. The third-order valence-corrected chi connectivity index (χ3v) is 1.34. The van der Waals surface area contributed by atoms with E-state index in [9.17, 15) is 5.11 Å². The molecule has 0 aromatic rings. The molecular formula is C7H12O. The third kappa shape index (κ3) is 0.920. The summed E-state index contributed by atoms with van der Waals surface area (Å²) in [7, 11) is 0. The van der Waals surface area contributed by atoms with Crippen LogP contribution in [0.15, 0.2) is 12.2 Å². The van der Waals surface area contributed by atoms with Crippen LogP contribution in [-0.4, -0.2) is 11.2 Å². The van der Waals surface area contributed by atoms with Crippen LogP contribution in [0.5, 0.6) is 0 Å². The number of hydrogen-bond donors (Lipinski definition) is 1. The van der Waals surface area contributed by atoms with Gasteiger partial charge in [0, 0.05) is 5.48 Å². The fraction of sp³-hybridized carbons (Fsp3) is 0.714. The highest BCUT2D eigenvalue weighted by Gasteiger charge is 2.24. The van der Waals surface area contributed by atoms with Gasteiger partial charge in [-0.2, -0.15) is 0 Å². The molecule has 46 valence electrons. The van der Waals surface area contributed by atoms with Crippen molar-refractivity contribution in [2.45, 2.75) is 25.8 Å². The van der Waals surface area contributed by atoms with Crippen LogP contribution in [0.2, 0.25) is 0 Å². The average Bonchev–Trinajstić information content (AvgIpc) is 1.81. The Kier molecular flexibility index (Phi) is 0.600. The Hall–Kier alpha value is -0.300. The molecule has 0 saturated heterocycles. The first-order chi connectivity index (χ1) is 5.26. The second-order valence-corrected chi connectivity index (χ2v) is 2.16. The Labute approximate surface area is 55.6 Å². The van der Waals surface area contributed by atoms with E-state index >= 15 is 0 Å².